The summed E-state index contributed by atoms with van der Waals surface area (Å²) in [6.07, 6.45) is 0.654. The van der Waals surface area contributed by atoms with Gasteiger partial charge in [0, 0.05) is 12.0 Å². The number of hydrazone groups is 1. The van der Waals surface area contributed by atoms with Gasteiger partial charge in [0.25, 0.3) is 0 Å². The summed E-state index contributed by atoms with van der Waals surface area (Å²) < 4.78 is 5.17. The first-order valence-corrected chi connectivity index (χ1v) is 7.31. The molecule has 0 unspecified atom stereocenters. The van der Waals surface area contributed by atoms with Crippen LogP contribution in [0.3, 0.4) is 0 Å². The van der Waals surface area contributed by atoms with E-state index in [2.05, 4.69) is 15.3 Å². The van der Waals surface area contributed by atoms with Crippen LogP contribution in [0.1, 0.15) is 11.3 Å². The van der Waals surface area contributed by atoms with Crippen LogP contribution < -0.4 is 10.6 Å². The minimum Gasteiger partial charge on any atom is -0.497 e. The third-order valence-electron chi connectivity index (χ3n) is 3.64. The van der Waals surface area contributed by atoms with Crippen LogP contribution in [-0.2, 0) is 6.42 Å². The Morgan fingerprint density at radius 2 is 1.87 bits per heavy atom. The molecule has 0 atom stereocenters. The molecule has 1 aromatic heterocycles. The second-order valence-corrected chi connectivity index (χ2v) is 5.13. The summed E-state index contributed by atoms with van der Waals surface area (Å²) in [5, 5.41) is 11.3. The molecule has 3 aromatic rings. The van der Waals surface area contributed by atoms with E-state index in [1.54, 1.807) is 7.11 Å². The molecule has 3 rings (SSSR count). The summed E-state index contributed by atoms with van der Waals surface area (Å²) in [5.74, 6) is 6.38. The Morgan fingerprint density at radius 1 is 1.13 bits per heavy atom. The fraction of sp³-hybridized carbons (Fsp3) is 0.111. The molecule has 0 spiro atoms. The number of nitrogens with zero attached hydrogens (tertiary/aromatic N) is 2. The number of rotatable bonds is 5. The number of methoxy groups -OCH3 is 1. The summed E-state index contributed by atoms with van der Waals surface area (Å²) in [4.78, 5) is 0. The van der Waals surface area contributed by atoms with Gasteiger partial charge in [-0.25, -0.2) is 0 Å². The van der Waals surface area contributed by atoms with Crippen LogP contribution in [0.25, 0.3) is 11.3 Å². The molecule has 0 saturated carbocycles. The lowest BCUT2D eigenvalue weighted by atomic mass is 10.1. The molecular formula is C18H18N4O. The van der Waals surface area contributed by atoms with Gasteiger partial charge in [-0.2, -0.15) is 10.2 Å². The van der Waals surface area contributed by atoms with E-state index in [0.29, 0.717) is 6.42 Å². The average molecular weight is 306 g/mol. The zero-order valence-corrected chi connectivity index (χ0v) is 12.9. The van der Waals surface area contributed by atoms with Crippen molar-refractivity contribution in [3.8, 4) is 17.0 Å². The van der Waals surface area contributed by atoms with E-state index in [-0.39, 0.29) is 0 Å². The minimum absolute atomic E-state index is 0.654. The van der Waals surface area contributed by atoms with Crippen LogP contribution in [0.15, 0.2) is 65.8 Å². The maximum atomic E-state index is 5.56. The largest absolute Gasteiger partial charge is 0.497 e. The third kappa shape index (κ3) is 3.40. The summed E-state index contributed by atoms with van der Waals surface area (Å²) in [5.41, 5.74) is 4.59. The van der Waals surface area contributed by atoms with E-state index < -0.39 is 0 Å². The first kappa shape index (κ1) is 14.8. The number of ether oxygens (including phenoxy) is 1. The highest BCUT2D eigenvalue weighted by atomic mass is 16.5. The molecule has 0 saturated heterocycles. The van der Waals surface area contributed by atoms with E-state index in [4.69, 9.17) is 10.6 Å². The van der Waals surface area contributed by atoms with E-state index in [1.807, 2.05) is 60.7 Å². The molecule has 0 aliphatic carbocycles. The van der Waals surface area contributed by atoms with Crippen molar-refractivity contribution in [3.05, 3.63) is 71.9 Å². The zero-order valence-electron chi connectivity index (χ0n) is 12.9. The Balaban J connectivity index is 1.82. The smallest absolute Gasteiger partial charge is 0.118 e. The van der Waals surface area contributed by atoms with Gasteiger partial charge >= 0.3 is 0 Å². The third-order valence-corrected chi connectivity index (χ3v) is 3.64. The Morgan fingerprint density at radius 3 is 2.52 bits per heavy atom. The number of aromatic nitrogens is 2. The molecule has 0 fully saturated rings. The summed E-state index contributed by atoms with van der Waals surface area (Å²) in [6.45, 7) is 0. The number of benzene rings is 2. The average Bonchev–Trinajstić information content (AvgIpc) is 3.10. The topological polar surface area (TPSA) is 76.3 Å². The molecule has 116 valence electrons. The standard InChI is InChI=1S/C18H18N4O/c1-23-15-9-7-14(8-10-15)16-12-18(22-21-16)17(20-19)11-13-5-3-2-4-6-13/h2-10,12H,11,19H2,1H3,(H,21,22)/b20-17-. The van der Waals surface area contributed by atoms with Gasteiger partial charge in [0.1, 0.15) is 5.75 Å². The number of H-pyrrole nitrogens is 1. The predicted octanol–water partition coefficient (Wildman–Crippen LogP) is 2.99. The van der Waals surface area contributed by atoms with Crippen LogP contribution in [-0.4, -0.2) is 23.0 Å². The quantitative estimate of drug-likeness (QED) is 0.432. The van der Waals surface area contributed by atoms with Crippen LogP contribution in [0.4, 0.5) is 0 Å². The van der Waals surface area contributed by atoms with Gasteiger partial charge in [0.15, 0.2) is 0 Å². The lowest BCUT2D eigenvalue weighted by Crippen LogP contribution is -2.08. The Kier molecular flexibility index (Phi) is 4.38. The SMILES string of the molecule is COc1ccc(-c2cc(/C(Cc3ccccc3)=N\N)[nH]n2)cc1. The molecule has 0 radical (unpaired) electrons. The van der Waals surface area contributed by atoms with Crippen LogP contribution in [0, 0.1) is 0 Å². The number of nitrogens with two attached hydrogens (primary N) is 1. The lowest BCUT2D eigenvalue weighted by molar-refractivity contribution is 0.415. The maximum absolute atomic E-state index is 5.56. The molecule has 0 amide bonds. The maximum Gasteiger partial charge on any atom is 0.118 e. The molecule has 2 aromatic carbocycles. The molecule has 1 heterocycles. The van der Waals surface area contributed by atoms with Gasteiger partial charge in [-0.05, 0) is 35.9 Å². The minimum atomic E-state index is 0.654. The molecule has 0 bridgehead atoms. The van der Waals surface area contributed by atoms with E-state index in [1.165, 1.54) is 0 Å². The molecule has 0 aliphatic heterocycles. The van der Waals surface area contributed by atoms with Crippen molar-refractivity contribution in [2.45, 2.75) is 6.42 Å². The van der Waals surface area contributed by atoms with Crippen LogP contribution >= 0.6 is 0 Å². The molecule has 23 heavy (non-hydrogen) atoms. The molecule has 0 aliphatic rings. The lowest BCUT2D eigenvalue weighted by Gasteiger charge is -2.02. The number of hydrogen-bond donors (Lipinski definition) is 2. The van der Waals surface area contributed by atoms with Crippen LogP contribution in [0.5, 0.6) is 5.75 Å². The molecular weight excluding hydrogens is 288 g/mol. The highest BCUT2D eigenvalue weighted by Gasteiger charge is 2.10. The number of aromatic amines is 1. The Hall–Kier alpha value is -3.08. The fourth-order valence-electron chi connectivity index (χ4n) is 2.38. The van der Waals surface area contributed by atoms with Crippen molar-refractivity contribution in [2.75, 3.05) is 7.11 Å². The highest BCUT2D eigenvalue weighted by Crippen LogP contribution is 2.21. The van der Waals surface area contributed by atoms with E-state index in [9.17, 15) is 0 Å². The summed E-state index contributed by atoms with van der Waals surface area (Å²) >= 11 is 0. The van der Waals surface area contributed by atoms with Crippen molar-refractivity contribution in [2.24, 2.45) is 10.9 Å². The van der Waals surface area contributed by atoms with E-state index >= 15 is 0 Å². The van der Waals surface area contributed by atoms with Gasteiger partial charge < -0.3 is 10.6 Å². The molecule has 3 N–H and O–H groups in total. The van der Waals surface area contributed by atoms with Crippen molar-refractivity contribution >= 4 is 5.71 Å². The predicted molar refractivity (Wildman–Crippen MR) is 91.4 cm³/mol. The monoisotopic (exact) mass is 306 g/mol. The van der Waals surface area contributed by atoms with Crippen molar-refractivity contribution in [1.82, 2.24) is 10.2 Å². The number of hydrogen-bond acceptors (Lipinski definition) is 4. The van der Waals surface area contributed by atoms with E-state index in [0.717, 1.165) is 34.0 Å². The van der Waals surface area contributed by atoms with Gasteiger partial charge in [-0.3, -0.25) is 5.10 Å². The summed E-state index contributed by atoms with van der Waals surface area (Å²) in [6, 6.07) is 19.8. The first-order chi connectivity index (χ1) is 11.3. The van der Waals surface area contributed by atoms with Crippen LogP contribution in [0.2, 0.25) is 0 Å². The van der Waals surface area contributed by atoms with Gasteiger partial charge in [-0.15, -0.1) is 0 Å². The fourth-order valence-corrected chi connectivity index (χ4v) is 2.38. The zero-order chi connectivity index (χ0) is 16.1. The van der Waals surface area contributed by atoms with Gasteiger partial charge in [-0.1, -0.05) is 30.3 Å². The second kappa shape index (κ2) is 6.79. The number of nitrogens with one attached hydrogen (secondary N) is 1. The first-order valence-electron chi connectivity index (χ1n) is 7.31. The van der Waals surface area contributed by atoms with Gasteiger partial charge in [0.2, 0.25) is 0 Å². The van der Waals surface area contributed by atoms with Crippen molar-refractivity contribution in [3.63, 3.8) is 0 Å². The normalized spacial score (nSPS) is 11.4. The highest BCUT2D eigenvalue weighted by molar-refractivity contribution is 6.00. The van der Waals surface area contributed by atoms with Crippen molar-refractivity contribution in [1.29, 1.82) is 0 Å². The second-order valence-electron chi connectivity index (χ2n) is 5.13. The van der Waals surface area contributed by atoms with Gasteiger partial charge in [0.05, 0.1) is 24.2 Å². The summed E-state index contributed by atoms with van der Waals surface area (Å²) in [7, 11) is 1.65. The molecule has 5 nitrogen and oxygen atoms in total. The molecule has 5 heteroatoms. The Labute approximate surface area is 134 Å². The van der Waals surface area contributed by atoms with Crippen molar-refractivity contribution < 1.29 is 4.74 Å². The Bertz CT molecular complexity index is 791.